The molecule has 16 heavy (non-hydrogen) atoms. The highest BCUT2D eigenvalue weighted by Gasteiger charge is 2.02. The Labute approximate surface area is 94.6 Å². The van der Waals surface area contributed by atoms with Crippen molar-refractivity contribution < 1.29 is 4.79 Å². The SMILES string of the molecule is CN/C=C/C(=O)c1ccc2ccccc2c1. The van der Waals surface area contributed by atoms with Crippen LogP contribution in [-0.2, 0) is 0 Å². The van der Waals surface area contributed by atoms with Gasteiger partial charge in [-0.05, 0) is 16.8 Å². The first-order valence-corrected chi connectivity index (χ1v) is 5.18. The largest absolute Gasteiger partial charge is 0.394 e. The lowest BCUT2D eigenvalue weighted by Crippen LogP contribution is -1.98. The predicted octanol–water partition coefficient (Wildman–Crippen LogP) is 2.76. The molecule has 0 aliphatic carbocycles. The minimum Gasteiger partial charge on any atom is -0.394 e. The standard InChI is InChI=1S/C14H13NO/c1-15-9-8-14(16)13-7-6-11-4-2-3-5-12(11)10-13/h2-10,15H,1H3/b9-8+. The highest BCUT2D eigenvalue weighted by Crippen LogP contribution is 2.16. The molecule has 2 nitrogen and oxygen atoms in total. The molecule has 2 aromatic carbocycles. The fourth-order valence-corrected chi connectivity index (χ4v) is 1.60. The average Bonchev–Trinajstić information content (AvgIpc) is 2.35. The van der Waals surface area contributed by atoms with E-state index in [-0.39, 0.29) is 5.78 Å². The van der Waals surface area contributed by atoms with Gasteiger partial charge >= 0.3 is 0 Å². The van der Waals surface area contributed by atoms with Crippen molar-refractivity contribution in [1.29, 1.82) is 0 Å². The zero-order valence-electron chi connectivity index (χ0n) is 9.10. The molecule has 0 saturated heterocycles. The summed E-state index contributed by atoms with van der Waals surface area (Å²) in [5.74, 6) is 0.0140. The topological polar surface area (TPSA) is 29.1 Å². The average molecular weight is 211 g/mol. The first-order chi connectivity index (χ1) is 7.81. The summed E-state index contributed by atoms with van der Waals surface area (Å²) in [6.45, 7) is 0. The van der Waals surface area contributed by atoms with E-state index in [1.165, 1.54) is 6.08 Å². The van der Waals surface area contributed by atoms with Crippen molar-refractivity contribution in [2.75, 3.05) is 7.05 Å². The number of rotatable bonds is 3. The van der Waals surface area contributed by atoms with E-state index in [1.807, 2.05) is 42.5 Å². The molecule has 2 aromatic rings. The number of nitrogens with one attached hydrogen (secondary N) is 1. The molecule has 2 heteroatoms. The quantitative estimate of drug-likeness (QED) is 0.624. The maximum absolute atomic E-state index is 11.7. The van der Waals surface area contributed by atoms with E-state index in [0.29, 0.717) is 5.56 Å². The lowest BCUT2D eigenvalue weighted by atomic mass is 10.0. The molecule has 0 heterocycles. The highest BCUT2D eigenvalue weighted by atomic mass is 16.1. The lowest BCUT2D eigenvalue weighted by Gasteiger charge is -2.00. The van der Waals surface area contributed by atoms with Gasteiger partial charge in [-0.15, -0.1) is 0 Å². The first-order valence-electron chi connectivity index (χ1n) is 5.18. The number of ketones is 1. The Morgan fingerprint density at radius 2 is 1.88 bits per heavy atom. The molecule has 0 unspecified atom stereocenters. The Morgan fingerprint density at radius 3 is 2.62 bits per heavy atom. The van der Waals surface area contributed by atoms with Gasteiger partial charge in [-0.25, -0.2) is 0 Å². The van der Waals surface area contributed by atoms with Gasteiger partial charge in [-0.2, -0.15) is 0 Å². The third kappa shape index (κ3) is 2.11. The van der Waals surface area contributed by atoms with Crippen molar-refractivity contribution in [3.63, 3.8) is 0 Å². The van der Waals surface area contributed by atoms with Gasteiger partial charge < -0.3 is 5.32 Å². The molecular formula is C14H13NO. The van der Waals surface area contributed by atoms with Gasteiger partial charge in [0.15, 0.2) is 5.78 Å². The van der Waals surface area contributed by atoms with Crippen molar-refractivity contribution in [3.8, 4) is 0 Å². The molecule has 1 N–H and O–H groups in total. The lowest BCUT2D eigenvalue weighted by molar-refractivity contribution is 0.104. The minimum absolute atomic E-state index is 0.0140. The van der Waals surface area contributed by atoms with E-state index in [0.717, 1.165) is 10.8 Å². The van der Waals surface area contributed by atoms with Gasteiger partial charge in [-0.1, -0.05) is 36.4 Å². The van der Waals surface area contributed by atoms with Gasteiger partial charge in [0.2, 0.25) is 0 Å². The maximum Gasteiger partial charge on any atom is 0.187 e. The smallest absolute Gasteiger partial charge is 0.187 e. The molecule has 2 rings (SSSR count). The minimum atomic E-state index is 0.0140. The molecule has 0 aliphatic rings. The summed E-state index contributed by atoms with van der Waals surface area (Å²) in [5, 5.41) is 5.04. The van der Waals surface area contributed by atoms with Gasteiger partial charge in [-0.3, -0.25) is 4.79 Å². The molecule has 0 spiro atoms. The van der Waals surface area contributed by atoms with Crippen LogP contribution in [0.15, 0.2) is 54.7 Å². The summed E-state index contributed by atoms with van der Waals surface area (Å²) >= 11 is 0. The summed E-state index contributed by atoms with van der Waals surface area (Å²) in [7, 11) is 1.77. The van der Waals surface area contributed by atoms with E-state index in [4.69, 9.17) is 0 Å². The Kier molecular flexibility index (Phi) is 3.01. The monoisotopic (exact) mass is 211 g/mol. The summed E-state index contributed by atoms with van der Waals surface area (Å²) in [4.78, 5) is 11.7. The van der Waals surface area contributed by atoms with Crippen molar-refractivity contribution in [1.82, 2.24) is 5.32 Å². The third-order valence-corrected chi connectivity index (χ3v) is 2.44. The molecule has 0 atom stereocenters. The van der Waals surface area contributed by atoms with Crippen LogP contribution in [0, 0.1) is 0 Å². The molecule has 0 aromatic heterocycles. The molecule has 0 amide bonds. The normalized spacial score (nSPS) is 10.8. The molecule has 0 fully saturated rings. The van der Waals surface area contributed by atoms with E-state index in [1.54, 1.807) is 13.2 Å². The van der Waals surface area contributed by atoms with Crippen molar-refractivity contribution in [2.45, 2.75) is 0 Å². The molecule has 0 bridgehead atoms. The second-order valence-electron chi connectivity index (χ2n) is 3.55. The Hall–Kier alpha value is -2.09. The fraction of sp³-hybridized carbons (Fsp3) is 0.0714. The summed E-state index contributed by atoms with van der Waals surface area (Å²) in [6.07, 6.45) is 3.17. The molecule has 0 aliphatic heterocycles. The van der Waals surface area contributed by atoms with E-state index < -0.39 is 0 Å². The number of allylic oxidation sites excluding steroid dienone is 1. The Bertz CT molecular complexity index is 543. The Balaban J connectivity index is 2.39. The maximum atomic E-state index is 11.7. The number of benzene rings is 2. The Morgan fingerprint density at radius 1 is 1.12 bits per heavy atom. The molecular weight excluding hydrogens is 198 g/mol. The summed E-state index contributed by atoms with van der Waals surface area (Å²) in [6, 6.07) is 13.7. The number of carbonyl (C=O) groups excluding carboxylic acids is 1. The van der Waals surface area contributed by atoms with Crippen molar-refractivity contribution in [3.05, 3.63) is 60.3 Å². The van der Waals surface area contributed by atoms with Crippen LogP contribution in [-0.4, -0.2) is 12.8 Å². The third-order valence-electron chi connectivity index (χ3n) is 2.44. The van der Waals surface area contributed by atoms with Gasteiger partial charge in [0, 0.05) is 24.9 Å². The molecule has 0 radical (unpaired) electrons. The van der Waals surface area contributed by atoms with Crippen molar-refractivity contribution >= 4 is 16.6 Å². The van der Waals surface area contributed by atoms with Crippen LogP contribution in [0.25, 0.3) is 10.8 Å². The van der Waals surface area contributed by atoms with Crippen molar-refractivity contribution in [2.24, 2.45) is 0 Å². The molecule has 80 valence electrons. The zero-order valence-corrected chi connectivity index (χ0v) is 9.10. The summed E-state index contributed by atoms with van der Waals surface area (Å²) in [5.41, 5.74) is 0.713. The van der Waals surface area contributed by atoms with Crippen LogP contribution in [0.5, 0.6) is 0 Å². The molecule has 0 saturated carbocycles. The van der Waals surface area contributed by atoms with Gasteiger partial charge in [0.05, 0.1) is 0 Å². The van der Waals surface area contributed by atoms with Crippen LogP contribution in [0.4, 0.5) is 0 Å². The number of hydrogen-bond donors (Lipinski definition) is 1. The second kappa shape index (κ2) is 4.62. The van der Waals surface area contributed by atoms with Crippen LogP contribution in [0.3, 0.4) is 0 Å². The van der Waals surface area contributed by atoms with E-state index >= 15 is 0 Å². The highest BCUT2D eigenvalue weighted by molar-refractivity contribution is 6.06. The van der Waals surface area contributed by atoms with Gasteiger partial charge in [0.1, 0.15) is 0 Å². The first kappa shape index (κ1) is 10.4. The second-order valence-corrected chi connectivity index (χ2v) is 3.55. The van der Waals surface area contributed by atoms with Crippen LogP contribution >= 0.6 is 0 Å². The van der Waals surface area contributed by atoms with Crippen LogP contribution < -0.4 is 5.32 Å². The van der Waals surface area contributed by atoms with Crippen LogP contribution in [0.1, 0.15) is 10.4 Å². The predicted molar refractivity (Wildman–Crippen MR) is 66.5 cm³/mol. The summed E-state index contributed by atoms with van der Waals surface area (Å²) < 4.78 is 0. The zero-order chi connectivity index (χ0) is 11.4. The number of carbonyl (C=O) groups is 1. The fourth-order valence-electron chi connectivity index (χ4n) is 1.60. The van der Waals surface area contributed by atoms with E-state index in [2.05, 4.69) is 5.32 Å². The van der Waals surface area contributed by atoms with E-state index in [9.17, 15) is 4.79 Å². The van der Waals surface area contributed by atoms with Gasteiger partial charge in [0.25, 0.3) is 0 Å². The number of hydrogen-bond acceptors (Lipinski definition) is 2. The van der Waals surface area contributed by atoms with Crippen LogP contribution in [0.2, 0.25) is 0 Å². The number of fused-ring (bicyclic) bond motifs is 1.